The zero-order chi connectivity index (χ0) is 15.4. The first-order chi connectivity index (χ1) is 9.97. The number of carboxylic acids is 2. The number of carboxylic acid groups (broad SMARTS) is 2. The number of nitrogens with zero attached hydrogens (tertiary/aromatic N) is 2. The van der Waals surface area contributed by atoms with E-state index >= 15 is 0 Å². The van der Waals surface area contributed by atoms with Gasteiger partial charge in [0, 0.05) is 18.2 Å². The molecule has 1 aromatic heterocycles. The minimum Gasteiger partial charge on any atom is -0.473 e. The molecule has 2 bridgehead atoms. The number of fused-ring (bicyclic) bond motifs is 3. The van der Waals surface area contributed by atoms with Crippen molar-refractivity contribution < 1.29 is 19.8 Å². The fraction of sp³-hybridized carbons (Fsp3) is 0.500. The second-order valence-electron chi connectivity index (χ2n) is 5.24. The molecule has 0 aliphatic carbocycles. The molecule has 7 heteroatoms. The molecule has 6 nitrogen and oxygen atoms in total. The summed E-state index contributed by atoms with van der Waals surface area (Å²) in [6, 6.07) is 5.99. The first-order valence-corrected chi connectivity index (χ1v) is 7.16. The van der Waals surface area contributed by atoms with Gasteiger partial charge < -0.3 is 15.1 Å². The van der Waals surface area contributed by atoms with Gasteiger partial charge in [-0.1, -0.05) is 17.7 Å². The number of pyridine rings is 1. The molecule has 3 aliphatic rings. The summed E-state index contributed by atoms with van der Waals surface area (Å²) in [5.41, 5.74) is 1.19. The third kappa shape index (κ3) is 4.15. The number of rotatable bonds is 1. The lowest BCUT2D eigenvalue weighted by Gasteiger charge is -2.44. The van der Waals surface area contributed by atoms with Crippen molar-refractivity contribution in [3.05, 3.63) is 29.0 Å². The van der Waals surface area contributed by atoms with E-state index in [1.807, 2.05) is 12.1 Å². The van der Waals surface area contributed by atoms with Crippen LogP contribution in [-0.4, -0.2) is 51.7 Å². The van der Waals surface area contributed by atoms with Crippen molar-refractivity contribution in [1.29, 1.82) is 0 Å². The summed E-state index contributed by atoms with van der Waals surface area (Å²) in [5, 5.41) is 15.4. The molecule has 3 aliphatic heterocycles. The smallest absolute Gasteiger partial charge is 0.414 e. The van der Waals surface area contributed by atoms with E-state index in [2.05, 4.69) is 16.0 Å². The van der Waals surface area contributed by atoms with Crippen molar-refractivity contribution in [3.63, 3.8) is 0 Å². The van der Waals surface area contributed by atoms with E-state index < -0.39 is 11.9 Å². The maximum Gasteiger partial charge on any atom is 0.414 e. The monoisotopic (exact) mass is 312 g/mol. The van der Waals surface area contributed by atoms with Gasteiger partial charge in [0.05, 0.1) is 0 Å². The third-order valence-electron chi connectivity index (χ3n) is 3.96. The van der Waals surface area contributed by atoms with Gasteiger partial charge in [0.25, 0.3) is 0 Å². The SMILES string of the molecule is Clc1cccc(C2CN3CCC2CC3)n1.O=C(O)C(=O)O. The molecular formula is C14H17ClN2O4. The Labute approximate surface area is 127 Å². The molecular weight excluding hydrogens is 296 g/mol. The van der Waals surface area contributed by atoms with Gasteiger partial charge in [-0.25, -0.2) is 14.6 Å². The number of piperidine rings is 3. The summed E-state index contributed by atoms with van der Waals surface area (Å²) in [7, 11) is 0. The molecule has 0 spiro atoms. The highest BCUT2D eigenvalue weighted by atomic mass is 35.5. The van der Waals surface area contributed by atoms with Crippen LogP contribution in [0.25, 0.3) is 0 Å². The van der Waals surface area contributed by atoms with Gasteiger partial charge >= 0.3 is 11.9 Å². The van der Waals surface area contributed by atoms with Crippen molar-refractivity contribution >= 4 is 23.5 Å². The Morgan fingerprint density at radius 3 is 2.24 bits per heavy atom. The summed E-state index contributed by atoms with van der Waals surface area (Å²) in [6.07, 6.45) is 2.66. The summed E-state index contributed by atoms with van der Waals surface area (Å²) >= 11 is 5.94. The highest BCUT2D eigenvalue weighted by Crippen LogP contribution is 2.38. The van der Waals surface area contributed by atoms with Gasteiger partial charge in [0.15, 0.2) is 0 Å². The highest BCUT2D eigenvalue weighted by Gasteiger charge is 2.35. The molecule has 0 radical (unpaired) electrons. The Morgan fingerprint density at radius 2 is 1.81 bits per heavy atom. The molecule has 1 atom stereocenters. The number of aromatic nitrogens is 1. The molecule has 3 fully saturated rings. The number of hydrogen-bond acceptors (Lipinski definition) is 4. The van der Waals surface area contributed by atoms with E-state index in [4.69, 9.17) is 31.4 Å². The van der Waals surface area contributed by atoms with Crippen LogP contribution < -0.4 is 0 Å². The van der Waals surface area contributed by atoms with Gasteiger partial charge in [0.1, 0.15) is 5.15 Å². The second-order valence-corrected chi connectivity index (χ2v) is 5.63. The first-order valence-electron chi connectivity index (χ1n) is 6.78. The Kier molecular flexibility index (Phi) is 5.14. The lowest BCUT2D eigenvalue weighted by molar-refractivity contribution is -0.159. The number of aliphatic carboxylic acids is 2. The number of halogens is 1. The molecule has 114 valence electrons. The predicted molar refractivity (Wildman–Crippen MR) is 76.4 cm³/mol. The van der Waals surface area contributed by atoms with E-state index in [1.54, 1.807) is 0 Å². The van der Waals surface area contributed by atoms with Gasteiger partial charge in [-0.3, -0.25) is 0 Å². The van der Waals surface area contributed by atoms with Crippen LogP contribution in [0.5, 0.6) is 0 Å². The highest BCUT2D eigenvalue weighted by molar-refractivity contribution is 6.29. The van der Waals surface area contributed by atoms with E-state index in [9.17, 15) is 0 Å². The summed E-state index contributed by atoms with van der Waals surface area (Å²) in [6.45, 7) is 3.74. The van der Waals surface area contributed by atoms with Crippen LogP contribution in [-0.2, 0) is 9.59 Å². The Hall–Kier alpha value is -1.66. The zero-order valence-corrected chi connectivity index (χ0v) is 12.2. The van der Waals surface area contributed by atoms with E-state index in [0.717, 1.165) is 5.92 Å². The van der Waals surface area contributed by atoms with E-state index in [-0.39, 0.29) is 0 Å². The number of hydrogen-bond donors (Lipinski definition) is 2. The molecule has 1 aromatic rings. The Morgan fingerprint density at radius 1 is 1.19 bits per heavy atom. The molecule has 4 heterocycles. The topological polar surface area (TPSA) is 90.7 Å². The third-order valence-corrected chi connectivity index (χ3v) is 4.17. The van der Waals surface area contributed by atoms with Crippen molar-refractivity contribution in [2.24, 2.45) is 5.92 Å². The summed E-state index contributed by atoms with van der Waals surface area (Å²) in [4.78, 5) is 25.2. The standard InChI is InChI=1S/C12H15ClN2.C2H2O4/c13-12-3-1-2-11(14-12)10-8-15-6-4-9(10)5-7-15;3-1(4)2(5)6/h1-3,9-10H,4-8H2;(H,3,4)(H,5,6). The maximum atomic E-state index is 9.10. The first kappa shape index (κ1) is 15.7. The lowest BCUT2D eigenvalue weighted by atomic mass is 9.77. The van der Waals surface area contributed by atoms with E-state index in [1.165, 1.54) is 38.2 Å². The summed E-state index contributed by atoms with van der Waals surface area (Å²) < 4.78 is 0. The number of carbonyl (C=O) groups is 2. The van der Waals surface area contributed by atoms with Crippen LogP contribution in [0.1, 0.15) is 24.5 Å². The van der Waals surface area contributed by atoms with Crippen molar-refractivity contribution in [3.8, 4) is 0 Å². The van der Waals surface area contributed by atoms with E-state index in [0.29, 0.717) is 11.1 Å². The molecule has 0 aromatic carbocycles. The van der Waals surface area contributed by atoms with Crippen molar-refractivity contribution in [2.45, 2.75) is 18.8 Å². The molecule has 21 heavy (non-hydrogen) atoms. The fourth-order valence-electron chi connectivity index (χ4n) is 2.93. The average Bonchev–Trinajstić information content (AvgIpc) is 2.49. The van der Waals surface area contributed by atoms with Crippen LogP contribution in [0, 0.1) is 5.92 Å². The van der Waals surface area contributed by atoms with Gasteiger partial charge in [-0.05, 0) is 44.0 Å². The quantitative estimate of drug-likeness (QED) is 0.606. The molecule has 3 saturated heterocycles. The fourth-order valence-corrected chi connectivity index (χ4v) is 3.10. The molecule has 2 N–H and O–H groups in total. The van der Waals surface area contributed by atoms with Gasteiger partial charge in [-0.15, -0.1) is 0 Å². The van der Waals surface area contributed by atoms with Gasteiger partial charge in [0.2, 0.25) is 0 Å². The van der Waals surface area contributed by atoms with Crippen molar-refractivity contribution in [1.82, 2.24) is 9.88 Å². The average molecular weight is 313 g/mol. The molecule has 0 amide bonds. The van der Waals surface area contributed by atoms with Crippen LogP contribution in [0.4, 0.5) is 0 Å². The largest absolute Gasteiger partial charge is 0.473 e. The van der Waals surface area contributed by atoms with Gasteiger partial charge in [-0.2, -0.15) is 0 Å². The minimum absolute atomic E-state index is 0.617. The van der Waals surface area contributed by atoms with Crippen molar-refractivity contribution in [2.75, 3.05) is 19.6 Å². The minimum atomic E-state index is -1.82. The molecule has 1 unspecified atom stereocenters. The zero-order valence-electron chi connectivity index (χ0n) is 11.4. The molecule has 0 saturated carbocycles. The Bertz CT molecular complexity index is 517. The predicted octanol–water partition coefficient (Wildman–Crippen LogP) is 1.70. The van der Waals surface area contributed by atoms with Crippen LogP contribution in [0.15, 0.2) is 18.2 Å². The second kappa shape index (κ2) is 6.87. The normalized spacial score (nSPS) is 26.6. The molecule has 4 rings (SSSR count). The van der Waals surface area contributed by atoms with Crippen LogP contribution in [0.2, 0.25) is 5.15 Å². The summed E-state index contributed by atoms with van der Waals surface area (Å²) in [5.74, 6) is -2.20. The van der Waals surface area contributed by atoms with Crippen LogP contribution >= 0.6 is 11.6 Å². The Balaban J connectivity index is 0.000000232. The lowest BCUT2D eigenvalue weighted by Crippen LogP contribution is -2.46. The van der Waals surface area contributed by atoms with Crippen LogP contribution in [0.3, 0.4) is 0 Å². The maximum absolute atomic E-state index is 9.10.